The number of hydrogen-bond donors (Lipinski definition) is 1. The Kier molecular flexibility index (Phi) is 6.00. The number of carbonyl (C=O) groups excluding carboxylic acids is 1. The van der Waals surface area contributed by atoms with Crippen LogP contribution in [0.5, 0.6) is 0 Å². The summed E-state index contributed by atoms with van der Waals surface area (Å²) in [6.07, 6.45) is 7.11. The highest BCUT2D eigenvalue weighted by atomic mass is 32.2. The fourth-order valence-electron chi connectivity index (χ4n) is 5.59. The van der Waals surface area contributed by atoms with E-state index < -0.39 is 0 Å². The first-order chi connectivity index (χ1) is 13.9. The lowest BCUT2D eigenvalue weighted by Gasteiger charge is -2.47. The number of nitrogens with zero attached hydrogens (tertiary/aromatic N) is 2. The van der Waals surface area contributed by atoms with Crippen molar-refractivity contribution in [2.45, 2.75) is 69.9 Å². The average Bonchev–Trinajstić information content (AvgIpc) is 3.06. The average molecular weight is 414 g/mol. The van der Waals surface area contributed by atoms with Crippen LogP contribution in [0.3, 0.4) is 0 Å². The molecule has 2 aromatic rings. The van der Waals surface area contributed by atoms with Gasteiger partial charge in [0.15, 0.2) is 0 Å². The molecule has 2 unspecified atom stereocenters. The second-order valence-electron chi connectivity index (χ2n) is 9.33. The molecule has 4 rings (SSSR count). The number of aryl methyl sites for hydroxylation is 1. The molecule has 0 radical (unpaired) electrons. The molecule has 0 aliphatic heterocycles. The number of thioether (sulfide) groups is 1. The van der Waals surface area contributed by atoms with Gasteiger partial charge in [-0.1, -0.05) is 37.7 Å². The lowest BCUT2D eigenvalue weighted by Crippen LogP contribution is -2.38. The summed E-state index contributed by atoms with van der Waals surface area (Å²) in [6.45, 7) is 6.60. The molecular formula is C23H31N3O2S. The molecule has 2 bridgehead atoms. The fourth-order valence-corrected chi connectivity index (χ4v) is 6.33. The molecule has 5 nitrogen and oxygen atoms in total. The summed E-state index contributed by atoms with van der Waals surface area (Å²) in [6, 6.07) is 8.51. The minimum Gasteiger partial charge on any atom is -0.416 e. The minimum atomic E-state index is 0.0189. The van der Waals surface area contributed by atoms with Crippen LogP contribution in [0.1, 0.15) is 63.8 Å². The largest absolute Gasteiger partial charge is 0.416 e. The molecule has 1 N–H and O–H groups in total. The zero-order valence-corrected chi connectivity index (χ0v) is 18.4. The van der Waals surface area contributed by atoms with E-state index in [1.807, 2.05) is 6.07 Å². The molecule has 1 amide bonds. The third-order valence-electron chi connectivity index (χ3n) is 6.52. The van der Waals surface area contributed by atoms with Gasteiger partial charge in [-0.15, -0.1) is 10.2 Å². The van der Waals surface area contributed by atoms with Crippen molar-refractivity contribution in [3.63, 3.8) is 0 Å². The van der Waals surface area contributed by atoms with E-state index in [-0.39, 0.29) is 11.3 Å². The SMILES string of the molecule is Cc1nnc(SCCC(=O)Nc2cccc(C3(C)CC4CC(C)CC(C4)C3)c2)o1. The van der Waals surface area contributed by atoms with Crippen LogP contribution in [-0.4, -0.2) is 21.9 Å². The zero-order chi connectivity index (χ0) is 20.4. The maximum Gasteiger partial charge on any atom is 0.276 e. The number of hydrogen-bond acceptors (Lipinski definition) is 5. The Hall–Kier alpha value is -1.82. The first kappa shape index (κ1) is 20.5. The molecule has 156 valence electrons. The van der Waals surface area contributed by atoms with Gasteiger partial charge in [-0.05, 0) is 73.0 Å². The van der Waals surface area contributed by atoms with Gasteiger partial charge in [0.25, 0.3) is 5.22 Å². The standard InChI is InChI=1S/C23H31N3O2S/c1-15-9-17-11-18(10-15)14-23(3,13-17)19-5-4-6-20(12-19)24-21(27)7-8-29-22-26-25-16(2)28-22/h4-6,12,15,17-18H,7-11,13-14H2,1-3H3,(H,24,27). The Morgan fingerprint density at radius 2 is 2.00 bits per heavy atom. The predicted molar refractivity (Wildman–Crippen MR) is 116 cm³/mol. The van der Waals surface area contributed by atoms with Gasteiger partial charge in [-0.3, -0.25) is 4.79 Å². The Bertz CT molecular complexity index is 847. The lowest BCUT2D eigenvalue weighted by molar-refractivity contribution is -0.115. The van der Waals surface area contributed by atoms with Crippen molar-refractivity contribution in [2.24, 2.45) is 17.8 Å². The van der Waals surface area contributed by atoms with E-state index in [0.717, 1.165) is 23.4 Å². The highest BCUT2D eigenvalue weighted by molar-refractivity contribution is 7.99. The molecule has 1 heterocycles. The van der Waals surface area contributed by atoms with Crippen LogP contribution in [0, 0.1) is 24.7 Å². The van der Waals surface area contributed by atoms with Crippen molar-refractivity contribution in [3.8, 4) is 0 Å². The number of nitrogens with one attached hydrogen (secondary N) is 1. The lowest BCUT2D eigenvalue weighted by atomic mass is 9.57. The van der Waals surface area contributed by atoms with Gasteiger partial charge in [-0.25, -0.2) is 0 Å². The van der Waals surface area contributed by atoms with Crippen molar-refractivity contribution in [2.75, 3.05) is 11.1 Å². The van der Waals surface area contributed by atoms with E-state index in [9.17, 15) is 4.79 Å². The maximum absolute atomic E-state index is 12.4. The number of fused-ring (bicyclic) bond motifs is 2. The van der Waals surface area contributed by atoms with Gasteiger partial charge >= 0.3 is 0 Å². The van der Waals surface area contributed by atoms with Gasteiger partial charge in [0, 0.05) is 24.8 Å². The van der Waals surface area contributed by atoms with E-state index >= 15 is 0 Å². The van der Waals surface area contributed by atoms with Crippen LogP contribution < -0.4 is 5.32 Å². The van der Waals surface area contributed by atoms with Gasteiger partial charge in [-0.2, -0.15) is 0 Å². The van der Waals surface area contributed by atoms with Crippen LogP contribution in [0.4, 0.5) is 5.69 Å². The molecule has 2 atom stereocenters. The summed E-state index contributed by atoms with van der Waals surface area (Å²) < 4.78 is 5.32. The third kappa shape index (κ3) is 5.03. The summed E-state index contributed by atoms with van der Waals surface area (Å²) >= 11 is 1.41. The quantitative estimate of drug-likeness (QED) is 0.624. The number of aromatic nitrogens is 2. The highest BCUT2D eigenvalue weighted by Crippen LogP contribution is 2.51. The van der Waals surface area contributed by atoms with E-state index in [2.05, 4.69) is 47.6 Å². The number of anilines is 1. The van der Waals surface area contributed by atoms with Crippen LogP contribution in [0.2, 0.25) is 0 Å². The van der Waals surface area contributed by atoms with Crippen LogP contribution in [0.25, 0.3) is 0 Å². The minimum absolute atomic E-state index is 0.0189. The maximum atomic E-state index is 12.4. The Morgan fingerprint density at radius 3 is 2.69 bits per heavy atom. The molecule has 2 aliphatic rings. The van der Waals surface area contributed by atoms with Crippen LogP contribution >= 0.6 is 11.8 Å². The van der Waals surface area contributed by atoms with Gasteiger partial charge in [0.2, 0.25) is 11.8 Å². The van der Waals surface area contributed by atoms with Crippen molar-refractivity contribution < 1.29 is 9.21 Å². The molecule has 2 aliphatic carbocycles. The van der Waals surface area contributed by atoms with Gasteiger partial charge in [0.1, 0.15) is 0 Å². The summed E-state index contributed by atoms with van der Waals surface area (Å²) in [5.74, 6) is 3.76. The summed E-state index contributed by atoms with van der Waals surface area (Å²) in [7, 11) is 0. The number of rotatable bonds is 6. The smallest absolute Gasteiger partial charge is 0.276 e. The Balaban J connectivity index is 1.35. The molecule has 1 aromatic carbocycles. The predicted octanol–water partition coefficient (Wildman–Crippen LogP) is 5.60. The summed E-state index contributed by atoms with van der Waals surface area (Å²) in [5, 5.41) is 11.3. The molecule has 6 heteroatoms. The van der Waals surface area contributed by atoms with Crippen molar-refractivity contribution >= 4 is 23.4 Å². The van der Waals surface area contributed by atoms with Crippen molar-refractivity contribution in [1.29, 1.82) is 0 Å². The van der Waals surface area contributed by atoms with E-state index in [0.29, 0.717) is 23.3 Å². The topological polar surface area (TPSA) is 68.0 Å². The normalized spacial score (nSPS) is 28.9. The Morgan fingerprint density at radius 1 is 1.24 bits per heavy atom. The van der Waals surface area contributed by atoms with E-state index in [1.165, 1.54) is 49.4 Å². The summed E-state index contributed by atoms with van der Waals surface area (Å²) in [4.78, 5) is 12.4. The first-order valence-corrected chi connectivity index (χ1v) is 11.7. The second-order valence-corrected chi connectivity index (χ2v) is 10.4. The number of benzene rings is 1. The number of amides is 1. The molecule has 29 heavy (non-hydrogen) atoms. The third-order valence-corrected chi connectivity index (χ3v) is 7.34. The van der Waals surface area contributed by atoms with Gasteiger partial charge in [0.05, 0.1) is 0 Å². The molecular weight excluding hydrogens is 382 g/mol. The highest BCUT2D eigenvalue weighted by Gasteiger charge is 2.41. The van der Waals surface area contributed by atoms with Crippen molar-refractivity contribution in [1.82, 2.24) is 10.2 Å². The summed E-state index contributed by atoms with van der Waals surface area (Å²) in [5.41, 5.74) is 2.49. The Labute approximate surface area is 177 Å². The monoisotopic (exact) mass is 413 g/mol. The zero-order valence-electron chi connectivity index (χ0n) is 17.6. The first-order valence-electron chi connectivity index (χ1n) is 10.7. The van der Waals surface area contributed by atoms with Gasteiger partial charge < -0.3 is 9.73 Å². The van der Waals surface area contributed by atoms with Crippen LogP contribution in [-0.2, 0) is 10.2 Å². The van der Waals surface area contributed by atoms with E-state index in [4.69, 9.17) is 4.42 Å². The molecule has 2 fully saturated rings. The molecule has 1 aromatic heterocycles. The molecule has 2 saturated carbocycles. The molecule has 0 saturated heterocycles. The number of carbonyl (C=O) groups is 1. The molecule has 0 spiro atoms. The van der Waals surface area contributed by atoms with Crippen LogP contribution in [0.15, 0.2) is 33.9 Å². The fraction of sp³-hybridized carbons (Fsp3) is 0.609. The second kappa shape index (κ2) is 8.50. The van der Waals surface area contributed by atoms with Crippen molar-refractivity contribution in [3.05, 3.63) is 35.7 Å². The van der Waals surface area contributed by atoms with E-state index in [1.54, 1.807) is 6.92 Å².